The van der Waals surface area contributed by atoms with Gasteiger partial charge in [0.2, 0.25) is 5.91 Å². The summed E-state index contributed by atoms with van der Waals surface area (Å²) in [5, 5.41) is 4.63. The molecule has 0 aliphatic heterocycles. The van der Waals surface area contributed by atoms with Gasteiger partial charge in [-0.15, -0.1) is 0 Å². The highest BCUT2D eigenvalue weighted by atomic mass is 16.6. The molecule has 2 amide bonds. The molecular weight excluding hydrogens is 582 g/mol. The summed E-state index contributed by atoms with van der Waals surface area (Å²) in [6, 6.07) is 15.2. The highest BCUT2D eigenvalue weighted by Crippen LogP contribution is 2.31. The van der Waals surface area contributed by atoms with Gasteiger partial charge >= 0.3 is 6.09 Å². The molecule has 0 saturated heterocycles. The average molecular weight is 638 g/mol. The minimum atomic E-state index is -0.640. The van der Waals surface area contributed by atoms with Gasteiger partial charge in [0.1, 0.15) is 6.61 Å². The van der Waals surface area contributed by atoms with Gasteiger partial charge in [0.15, 0.2) is 11.5 Å². The summed E-state index contributed by atoms with van der Waals surface area (Å²) in [6.45, 7) is 15.1. The smallest absolute Gasteiger partial charge is 0.428 e. The summed E-state index contributed by atoms with van der Waals surface area (Å²) in [6.07, 6.45) is 5.66. The van der Waals surface area contributed by atoms with Gasteiger partial charge in [-0.1, -0.05) is 70.2 Å². The van der Waals surface area contributed by atoms with Crippen molar-refractivity contribution in [1.82, 2.24) is 10.3 Å². The van der Waals surface area contributed by atoms with Gasteiger partial charge in [0, 0.05) is 50.6 Å². The number of amides is 2. The summed E-state index contributed by atoms with van der Waals surface area (Å²) in [5.74, 6) is 1.65. The standard InChI is InChI=1S/C37H55N3O6/c1-9-40(10-2)36(41)32(28(5)6)20-15-14-19-31(27(3)4)35(38-39-37(42)46-26-29-17-12-11-13-18-29)30-21-22-33(44-8)34(25-30)45-24-16-23-43-7/h11-15,17-18,21-22,25,27-28,31-32H,9-10,16,19-20,23-24,26H2,1-8H3,(H,39,42)/b15-14+,38-35-/t31-,32-/m0/s1. The Morgan fingerprint density at radius 2 is 1.52 bits per heavy atom. The number of hydrogen-bond acceptors (Lipinski definition) is 7. The first kappa shape index (κ1) is 38.3. The number of hydrogen-bond donors (Lipinski definition) is 1. The van der Waals surface area contributed by atoms with Gasteiger partial charge in [-0.3, -0.25) is 4.79 Å². The average Bonchev–Trinajstić information content (AvgIpc) is 3.05. The Labute approximate surface area is 276 Å². The van der Waals surface area contributed by atoms with Crippen molar-refractivity contribution in [2.75, 3.05) is 40.5 Å². The van der Waals surface area contributed by atoms with E-state index in [4.69, 9.17) is 18.9 Å². The van der Waals surface area contributed by atoms with Crippen LogP contribution in [0, 0.1) is 23.7 Å². The minimum absolute atomic E-state index is 0.0589. The highest BCUT2D eigenvalue weighted by Gasteiger charge is 2.26. The molecule has 0 aromatic heterocycles. The Hall–Kier alpha value is -3.85. The first-order valence-electron chi connectivity index (χ1n) is 16.4. The number of carbonyl (C=O) groups excluding carboxylic acids is 2. The predicted octanol–water partition coefficient (Wildman–Crippen LogP) is 7.49. The monoisotopic (exact) mass is 637 g/mol. The lowest BCUT2D eigenvalue weighted by molar-refractivity contribution is -0.136. The Morgan fingerprint density at radius 1 is 0.870 bits per heavy atom. The van der Waals surface area contributed by atoms with Gasteiger partial charge in [0.25, 0.3) is 0 Å². The first-order valence-corrected chi connectivity index (χ1v) is 16.4. The highest BCUT2D eigenvalue weighted by molar-refractivity contribution is 6.03. The first-order chi connectivity index (χ1) is 22.2. The van der Waals surface area contributed by atoms with Crippen LogP contribution in [0.25, 0.3) is 0 Å². The second-order valence-corrected chi connectivity index (χ2v) is 11.9. The second-order valence-electron chi connectivity index (χ2n) is 11.9. The van der Waals surface area contributed by atoms with E-state index in [0.717, 1.165) is 17.5 Å². The lowest BCUT2D eigenvalue weighted by atomic mass is 9.84. The van der Waals surface area contributed by atoms with Crippen molar-refractivity contribution in [1.29, 1.82) is 0 Å². The van der Waals surface area contributed by atoms with Crippen LogP contribution in [0.2, 0.25) is 0 Å². The van der Waals surface area contributed by atoms with E-state index in [1.807, 2.05) is 67.3 Å². The van der Waals surface area contributed by atoms with Gasteiger partial charge in [-0.05, 0) is 62.3 Å². The van der Waals surface area contributed by atoms with Crippen molar-refractivity contribution in [2.24, 2.45) is 28.8 Å². The normalized spacial score (nSPS) is 13.1. The zero-order chi connectivity index (χ0) is 33.9. The molecule has 0 spiro atoms. The number of nitrogens with one attached hydrogen (secondary N) is 1. The molecule has 2 aromatic rings. The van der Waals surface area contributed by atoms with Gasteiger partial charge in [0.05, 0.1) is 19.4 Å². The lowest BCUT2D eigenvalue weighted by Gasteiger charge is -2.27. The molecule has 0 radical (unpaired) electrons. The minimum Gasteiger partial charge on any atom is -0.493 e. The molecule has 0 heterocycles. The number of benzene rings is 2. The molecule has 46 heavy (non-hydrogen) atoms. The quantitative estimate of drug-likeness (QED) is 0.0699. The summed E-state index contributed by atoms with van der Waals surface area (Å²) >= 11 is 0. The molecule has 0 unspecified atom stereocenters. The van der Waals surface area contributed by atoms with Crippen molar-refractivity contribution in [3.05, 3.63) is 71.8 Å². The van der Waals surface area contributed by atoms with Crippen LogP contribution in [-0.4, -0.2) is 63.1 Å². The van der Waals surface area contributed by atoms with Crippen molar-refractivity contribution < 1.29 is 28.5 Å². The Morgan fingerprint density at radius 3 is 2.11 bits per heavy atom. The molecule has 9 nitrogen and oxygen atoms in total. The maximum absolute atomic E-state index is 13.2. The largest absolute Gasteiger partial charge is 0.493 e. The third-order valence-corrected chi connectivity index (χ3v) is 7.99. The molecular formula is C37H55N3O6. The van der Waals surface area contributed by atoms with Crippen LogP contribution >= 0.6 is 0 Å². The van der Waals surface area contributed by atoms with E-state index < -0.39 is 6.09 Å². The molecule has 0 bridgehead atoms. The third kappa shape index (κ3) is 12.5. The third-order valence-electron chi connectivity index (χ3n) is 7.99. The van der Waals surface area contributed by atoms with E-state index in [9.17, 15) is 9.59 Å². The Bertz CT molecular complexity index is 1240. The molecule has 254 valence electrons. The molecule has 0 saturated carbocycles. The molecule has 2 aromatic carbocycles. The van der Waals surface area contributed by atoms with Crippen molar-refractivity contribution in [3.63, 3.8) is 0 Å². The number of allylic oxidation sites excluding steroid dienone is 2. The van der Waals surface area contributed by atoms with Crippen molar-refractivity contribution >= 4 is 17.7 Å². The number of rotatable bonds is 20. The van der Waals surface area contributed by atoms with E-state index >= 15 is 0 Å². The molecule has 2 atom stereocenters. The van der Waals surface area contributed by atoms with E-state index in [1.165, 1.54) is 0 Å². The number of carbonyl (C=O) groups is 2. The van der Waals surface area contributed by atoms with Gasteiger partial charge < -0.3 is 23.8 Å². The topological polar surface area (TPSA) is 98.7 Å². The van der Waals surface area contributed by atoms with Crippen LogP contribution in [0.1, 0.15) is 71.9 Å². The zero-order valence-electron chi connectivity index (χ0n) is 29.1. The molecule has 2 rings (SSSR count). The van der Waals surface area contributed by atoms with Crippen LogP contribution in [0.3, 0.4) is 0 Å². The summed E-state index contributed by atoms with van der Waals surface area (Å²) in [5.41, 5.74) is 5.00. The molecule has 0 fully saturated rings. The van der Waals surface area contributed by atoms with Gasteiger partial charge in [-0.25, -0.2) is 10.2 Å². The van der Waals surface area contributed by atoms with E-state index in [2.05, 4.69) is 50.4 Å². The molecule has 0 aliphatic carbocycles. The molecule has 1 N–H and O–H groups in total. The number of methoxy groups -OCH3 is 2. The van der Waals surface area contributed by atoms with Crippen LogP contribution in [-0.2, 0) is 20.9 Å². The SMILES string of the molecule is CCN(CC)C(=O)[C@@H](C/C=C/C[C@H](/C(=N\NC(=O)OCc1ccccc1)c1ccc(OC)c(OCCCOC)c1)C(C)C)C(C)C. The summed E-state index contributed by atoms with van der Waals surface area (Å²) in [7, 11) is 3.27. The number of nitrogens with zero attached hydrogens (tertiary/aromatic N) is 2. The molecule has 9 heteroatoms. The maximum Gasteiger partial charge on any atom is 0.428 e. The van der Waals surface area contributed by atoms with Crippen LogP contribution < -0.4 is 14.9 Å². The second kappa shape index (κ2) is 21.0. The van der Waals surface area contributed by atoms with Crippen LogP contribution in [0.15, 0.2) is 65.8 Å². The summed E-state index contributed by atoms with van der Waals surface area (Å²) in [4.78, 5) is 27.8. The fourth-order valence-corrected chi connectivity index (χ4v) is 5.17. The maximum atomic E-state index is 13.2. The lowest BCUT2D eigenvalue weighted by Crippen LogP contribution is -2.37. The van der Waals surface area contributed by atoms with Crippen LogP contribution in [0.4, 0.5) is 4.79 Å². The number of ether oxygens (including phenoxy) is 4. The Balaban J connectivity index is 2.36. The summed E-state index contributed by atoms with van der Waals surface area (Å²) < 4.78 is 22.2. The Kier molecular flexibility index (Phi) is 17.5. The van der Waals surface area contributed by atoms with Crippen molar-refractivity contribution in [2.45, 2.75) is 67.4 Å². The van der Waals surface area contributed by atoms with Gasteiger partial charge in [-0.2, -0.15) is 5.10 Å². The van der Waals surface area contributed by atoms with Crippen LogP contribution in [0.5, 0.6) is 11.5 Å². The number of hydrazone groups is 1. The fourth-order valence-electron chi connectivity index (χ4n) is 5.17. The predicted molar refractivity (Wildman–Crippen MR) is 184 cm³/mol. The van der Waals surface area contributed by atoms with Crippen molar-refractivity contribution in [3.8, 4) is 11.5 Å². The van der Waals surface area contributed by atoms with E-state index in [0.29, 0.717) is 56.4 Å². The van der Waals surface area contributed by atoms with E-state index in [-0.39, 0.29) is 36.2 Å². The van der Waals surface area contributed by atoms with E-state index in [1.54, 1.807) is 14.2 Å². The fraction of sp³-hybridized carbons (Fsp3) is 0.541. The molecule has 0 aliphatic rings. The zero-order valence-corrected chi connectivity index (χ0v) is 29.1.